The smallest absolute Gasteiger partial charge is 0.243 e. The van der Waals surface area contributed by atoms with Crippen molar-refractivity contribution in [3.05, 3.63) is 23.8 Å². The van der Waals surface area contributed by atoms with E-state index in [1.54, 1.807) is 6.07 Å². The average molecular weight is 264 g/mol. The molecule has 0 atom stereocenters. The minimum absolute atomic E-state index is 0.0426. The summed E-state index contributed by atoms with van der Waals surface area (Å²) in [5.41, 5.74) is 6.84. The van der Waals surface area contributed by atoms with Crippen LogP contribution in [0.3, 0.4) is 0 Å². The van der Waals surface area contributed by atoms with Gasteiger partial charge in [-0.05, 0) is 30.2 Å². The Hall–Kier alpha value is -2.08. The molecule has 3 N–H and O–H groups in total. The minimum atomic E-state index is -0.496. The molecule has 102 valence electrons. The predicted octanol–water partition coefficient (Wildman–Crippen LogP) is 0.452. The summed E-state index contributed by atoms with van der Waals surface area (Å²) in [6, 6.07) is 5.52. The maximum Gasteiger partial charge on any atom is 0.243 e. The second-order valence-corrected chi connectivity index (χ2v) is 4.23. The van der Waals surface area contributed by atoms with Crippen LogP contribution >= 0.6 is 0 Å². The third-order valence-corrected chi connectivity index (χ3v) is 2.71. The van der Waals surface area contributed by atoms with Gasteiger partial charge < -0.3 is 20.5 Å². The molecule has 2 rings (SSSR count). The van der Waals surface area contributed by atoms with E-state index in [4.69, 9.17) is 15.2 Å². The fourth-order valence-corrected chi connectivity index (χ4v) is 1.84. The van der Waals surface area contributed by atoms with Crippen LogP contribution in [0.4, 0.5) is 5.69 Å². The van der Waals surface area contributed by atoms with E-state index in [1.807, 2.05) is 12.1 Å². The Labute approximate surface area is 110 Å². The maximum atomic E-state index is 11.2. The second-order valence-electron chi connectivity index (χ2n) is 4.23. The van der Waals surface area contributed by atoms with Gasteiger partial charge in [-0.3, -0.25) is 9.59 Å². The van der Waals surface area contributed by atoms with Crippen LogP contribution in [0.25, 0.3) is 0 Å². The van der Waals surface area contributed by atoms with Crippen LogP contribution in [0.5, 0.6) is 5.75 Å². The Morgan fingerprint density at radius 2 is 2.16 bits per heavy atom. The molecule has 0 saturated heterocycles. The zero-order valence-electron chi connectivity index (χ0n) is 10.5. The van der Waals surface area contributed by atoms with Crippen LogP contribution in [0.2, 0.25) is 0 Å². The number of primary amides is 1. The monoisotopic (exact) mass is 264 g/mol. The van der Waals surface area contributed by atoms with Gasteiger partial charge in [0.15, 0.2) is 0 Å². The molecular weight excluding hydrogens is 248 g/mol. The molecule has 1 aromatic rings. The summed E-state index contributed by atoms with van der Waals surface area (Å²) >= 11 is 0. The summed E-state index contributed by atoms with van der Waals surface area (Å²) in [5.74, 6) is 0.267. The molecule has 6 nitrogen and oxygen atoms in total. The van der Waals surface area contributed by atoms with Gasteiger partial charge in [-0.15, -0.1) is 0 Å². The topological polar surface area (TPSA) is 90.7 Å². The lowest BCUT2D eigenvalue weighted by molar-refractivity contribution is -0.122. The zero-order valence-corrected chi connectivity index (χ0v) is 10.5. The van der Waals surface area contributed by atoms with Crippen molar-refractivity contribution in [3.63, 3.8) is 0 Å². The first-order chi connectivity index (χ1) is 9.15. The van der Waals surface area contributed by atoms with Gasteiger partial charge in [-0.25, -0.2) is 0 Å². The predicted molar refractivity (Wildman–Crippen MR) is 68.9 cm³/mol. The highest BCUT2D eigenvalue weighted by Crippen LogP contribution is 2.26. The quantitative estimate of drug-likeness (QED) is 0.730. The van der Waals surface area contributed by atoms with Gasteiger partial charge >= 0.3 is 0 Å². The number of anilines is 1. The first-order valence-corrected chi connectivity index (χ1v) is 6.07. The number of hydrogen-bond acceptors (Lipinski definition) is 4. The lowest BCUT2D eigenvalue weighted by Crippen LogP contribution is -2.20. The number of benzene rings is 1. The van der Waals surface area contributed by atoms with Gasteiger partial charge in [-0.2, -0.15) is 0 Å². The van der Waals surface area contributed by atoms with E-state index >= 15 is 0 Å². The normalized spacial score (nSPS) is 13.6. The Kier molecular flexibility index (Phi) is 4.35. The number of ether oxygens (including phenoxy) is 2. The SMILES string of the molecule is NC(=O)COCCOc1ccc2c(c1)CCC(=O)N2. The van der Waals surface area contributed by atoms with Crippen molar-refractivity contribution in [2.24, 2.45) is 5.73 Å². The van der Waals surface area contributed by atoms with E-state index in [-0.39, 0.29) is 12.5 Å². The number of aryl methyl sites for hydroxylation is 1. The van der Waals surface area contributed by atoms with Crippen LogP contribution in [0.15, 0.2) is 18.2 Å². The van der Waals surface area contributed by atoms with Crippen molar-refractivity contribution in [1.29, 1.82) is 0 Å². The Morgan fingerprint density at radius 3 is 2.95 bits per heavy atom. The summed E-state index contributed by atoms with van der Waals surface area (Å²) in [6.07, 6.45) is 1.22. The molecule has 1 aliphatic rings. The third kappa shape index (κ3) is 3.96. The summed E-state index contributed by atoms with van der Waals surface area (Å²) in [6.45, 7) is 0.550. The van der Waals surface area contributed by atoms with E-state index in [1.165, 1.54) is 0 Å². The molecule has 1 aromatic carbocycles. The second kappa shape index (κ2) is 6.19. The molecule has 19 heavy (non-hydrogen) atoms. The highest BCUT2D eigenvalue weighted by atomic mass is 16.5. The Balaban J connectivity index is 1.82. The van der Waals surface area contributed by atoms with Crippen LogP contribution in [0.1, 0.15) is 12.0 Å². The summed E-state index contributed by atoms with van der Waals surface area (Å²) in [7, 11) is 0. The summed E-state index contributed by atoms with van der Waals surface area (Å²) in [4.78, 5) is 21.7. The lowest BCUT2D eigenvalue weighted by Gasteiger charge is -2.17. The molecule has 1 aliphatic heterocycles. The van der Waals surface area contributed by atoms with Crippen LogP contribution in [-0.2, 0) is 20.7 Å². The van der Waals surface area contributed by atoms with Gasteiger partial charge in [0, 0.05) is 12.1 Å². The summed E-state index contributed by atoms with van der Waals surface area (Å²) in [5, 5.41) is 2.81. The Morgan fingerprint density at radius 1 is 1.32 bits per heavy atom. The van der Waals surface area contributed by atoms with E-state index < -0.39 is 5.91 Å². The zero-order chi connectivity index (χ0) is 13.7. The first kappa shape index (κ1) is 13.4. The number of hydrogen-bond donors (Lipinski definition) is 2. The van der Waals surface area contributed by atoms with E-state index in [2.05, 4.69) is 5.32 Å². The van der Waals surface area contributed by atoms with Crippen molar-refractivity contribution < 1.29 is 19.1 Å². The maximum absolute atomic E-state index is 11.2. The molecule has 0 aliphatic carbocycles. The van der Waals surface area contributed by atoms with E-state index in [9.17, 15) is 9.59 Å². The highest BCUT2D eigenvalue weighted by Gasteiger charge is 2.14. The van der Waals surface area contributed by atoms with Crippen molar-refractivity contribution in [2.75, 3.05) is 25.1 Å². The number of amides is 2. The molecule has 0 unspecified atom stereocenters. The highest BCUT2D eigenvalue weighted by molar-refractivity contribution is 5.93. The molecule has 0 fully saturated rings. The lowest BCUT2D eigenvalue weighted by atomic mass is 10.0. The molecule has 0 spiro atoms. The third-order valence-electron chi connectivity index (χ3n) is 2.71. The molecule has 1 heterocycles. The van der Waals surface area contributed by atoms with E-state index in [0.29, 0.717) is 19.6 Å². The van der Waals surface area contributed by atoms with Gasteiger partial charge in [0.1, 0.15) is 19.0 Å². The number of carbonyl (C=O) groups excluding carboxylic acids is 2. The number of rotatable bonds is 6. The molecule has 0 aromatic heterocycles. The van der Waals surface area contributed by atoms with E-state index in [0.717, 1.165) is 23.4 Å². The largest absolute Gasteiger partial charge is 0.491 e. The summed E-state index contributed by atoms with van der Waals surface area (Å²) < 4.78 is 10.5. The molecule has 0 bridgehead atoms. The number of nitrogens with one attached hydrogen (secondary N) is 1. The van der Waals surface area contributed by atoms with Crippen molar-refractivity contribution in [2.45, 2.75) is 12.8 Å². The molecule has 2 amide bonds. The molecule has 0 radical (unpaired) electrons. The van der Waals surface area contributed by atoms with Crippen LogP contribution < -0.4 is 15.8 Å². The fraction of sp³-hybridized carbons (Fsp3) is 0.385. The van der Waals surface area contributed by atoms with Crippen molar-refractivity contribution >= 4 is 17.5 Å². The van der Waals surface area contributed by atoms with Crippen LogP contribution in [-0.4, -0.2) is 31.6 Å². The number of fused-ring (bicyclic) bond motifs is 1. The van der Waals surface area contributed by atoms with Gasteiger partial charge in [-0.1, -0.05) is 0 Å². The van der Waals surface area contributed by atoms with Crippen LogP contribution in [0, 0.1) is 0 Å². The first-order valence-electron chi connectivity index (χ1n) is 6.07. The Bertz CT molecular complexity index is 488. The van der Waals surface area contributed by atoms with Crippen molar-refractivity contribution in [3.8, 4) is 5.75 Å². The fourth-order valence-electron chi connectivity index (χ4n) is 1.84. The van der Waals surface area contributed by atoms with Gasteiger partial charge in [0.05, 0.1) is 6.61 Å². The molecule has 0 saturated carbocycles. The standard InChI is InChI=1S/C13H16N2O4/c14-12(16)8-18-5-6-19-10-2-3-11-9(7-10)1-4-13(17)15-11/h2-3,7H,1,4-6,8H2,(H2,14,16)(H,15,17). The van der Waals surface area contributed by atoms with Crippen molar-refractivity contribution in [1.82, 2.24) is 0 Å². The number of carbonyl (C=O) groups is 2. The van der Waals surface area contributed by atoms with Gasteiger partial charge in [0.2, 0.25) is 11.8 Å². The molecular formula is C13H16N2O4. The minimum Gasteiger partial charge on any atom is -0.491 e. The van der Waals surface area contributed by atoms with Gasteiger partial charge in [0.25, 0.3) is 0 Å². The average Bonchev–Trinajstić information content (AvgIpc) is 2.38. The molecule has 6 heteroatoms. The number of nitrogens with two attached hydrogens (primary N) is 1.